The highest BCUT2D eigenvalue weighted by Gasteiger charge is 2.04. The van der Waals surface area contributed by atoms with Crippen molar-refractivity contribution < 1.29 is 5.11 Å². The number of aliphatic hydroxyl groups excluding tert-OH is 1. The molecular formula is C11H15N3O2S. The van der Waals surface area contributed by atoms with E-state index < -0.39 is 0 Å². The molecule has 2 rings (SSSR count). The summed E-state index contributed by atoms with van der Waals surface area (Å²) in [6.45, 7) is 1.58. The fourth-order valence-corrected chi connectivity index (χ4v) is 2.30. The summed E-state index contributed by atoms with van der Waals surface area (Å²) in [5.41, 5.74) is 0.683. The maximum absolute atomic E-state index is 11.6. The standard InChI is InChI=1S/C11H15N3O2S/c15-5-2-1-4-12-7-9-13-8-3-6-17-10(8)11(16)14-9/h3,6,12,15H,1-2,4-5,7H2,(H,13,14,16). The zero-order valence-electron chi connectivity index (χ0n) is 9.40. The Kier molecular flexibility index (Phi) is 4.24. The zero-order chi connectivity index (χ0) is 12.1. The van der Waals surface area contributed by atoms with Crippen LogP contribution in [0.5, 0.6) is 0 Å². The van der Waals surface area contributed by atoms with Crippen molar-refractivity contribution in [2.75, 3.05) is 13.2 Å². The Morgan fingerprint density at radius 3 is 3.18 bits per heavy atom. The van der Waals surface area contributed by atoms with Crippen molar-refractivity contribution in [3.8, 4) is 0 Å². The molecule has 0 unspecified atom stereocenters. The molecule has 5 nitrogen and oxygen atoms in total. The van der Waals surface area contributed by atoms with Gasteiger partial charge < -0.3 is 15.4 Å². The van der Waals surface area contributed by atoms with Crippen molar-refractivity contribution in [1.82, 2.24) is 15.3 Å². The van der Waals surface area contributed by atoms with Crippen molar-refractivity contribution >= 4 is 21.6 Å². The normalized spacial score (nSPS) is 11.1. The van der Waals surface area contributed by atoms with Gasteiger partial charge >= 0.3 is 0 Å². The molecule has 0 aliphatic heterocycles. The van der Waals surface area contributed by atoms with Crippen LogP contribution in [-0.4, -0.2) is 28.2 Å². The lowest BCUT2D eigenvalue weighted by molar-refractivity contribution is 0.283. The van der Waals surface area contributed by atoms with E-state index in [-0.39, 0.29) is 12.2 Å². The maximum atomic E-state index is 11.6. The molecule has 0 aromatic carbocycles. The van der Waals surface area contributed by atoms with Crippen LogP contribution in [0.15, 0.2) is 16.2 Å². The lowest BCUT2D eigenvalue weighted by atomic mass is 10.3. The summed E-state index contributed by atoms with van der Waals surface area (Å²) >= 11 is 1.40. The van der Waals surface area contributed by atoms with Gasteiger partial charge in [-0.3, -0.25) is 4.79 Å². The Labute approximate surface area is 103 Å². The number of unbranched alkanes of at least 4 members (excludes halogenated alkanes) is 1. The lowest BCUT2D eigenvalue weighted by Crippen LogP contribution is -2.20. The molecule has 0 atom stereocenters. The first-order chi connectivity index (χ1) is 8.31. The van der Waals surface area contributed by atoms with E-state index in [1.807, 2.05) is 11.4 Å². The fourth-order valence-electron chi connectivity index (χ4n) is 1.57. The van der Waals surface area contributed by atoms with Crippen molar-refractivity contribution in [3.63, 3.8) is 0 Å². The number of aliphatic hydroxyl groups is 1. The number of thiophene rings is 1. The predicted molar refractivity (Wildman–Crippen MR) is 68.3 cm³/mol. The van der Waals surface area contributed by atoms with E-state index in [1.54, 1.807) is 0 Å². The van der Waals surface area contributed by atoms with E-state index in [2.05, 4.69) is 15.3 Å². The molecule has 2 heterocycles. The van der Waals surface area contributed by atoms with Crippen LogP contribution in [0.1, 0.15) is 18.7 Å². The Bertz CT molecular complexity index is 535. The Morgan fingerprint density at radius 2 is 2.35 bits per heavy atom. The quantitative estimate of drug-likeness (QED) is 0.667. The molecule has 0 saturated carbocycles. The highest BCUT2D eigenvalue weighted by Crippen LogP contribution is 2.13. The Balaban J connectivity index is 1.97. The highest BCUT2D eigenvalue weighted by atomic mass is 32.1. The van der Waals surface area contributed by atoms with E-state index in [0.717, 1.165) is 24.9 Å². The SMILES string of the molecule is O=c1[nH]c(CNCCCCO)nc2ccsc12. The van der Waals surface area contributed by atoms with E-state index in [1.165, 1.54) is 11.3 Å². The number of aromatic amines is 1. The molecule has 2 aromatic rings. The summed E-state index contributed by atoms with van der Waals surface area (Å²) in [4.78, 5) is 18.8. The summed E-state index contributed by atoms with van der Waals surface area (Å²) in [6, 6.07) is 1.85. The van der Waals surface area contributed by atoms with Gasteiger partial charge in [-0.15, -0.1) is 11.3 Å². The number of H-pyrrole nitrogens is 1. The summed E-state index contributed by atoms with van der Waals surface area (Å²) < 4.78 is 0.675. The smallest absolute Gasteiger partial charge is 0.268 e. The number of aromatic nitrogens is 2. The molecule has 17 heavy (non-hydrogen) atoms. The van der Waals surface area contributed by atoms with Crippen LogP contribution in [0.2, 0.25) is 0 Å². The van der Waals surface area contributed by atoms with E-state index in [4.69, 9.17) is 5.11 Å². The molecule has 92 valence electrons. The average Bonchev–Trinajstić information content (AvgIpc) is 2.77. The van der Waals surface area contributed by atoms with Gasteiger partial charge in [-0.1, -0.05) is 0 Å². The molecule has 6 heteroatoms. The third-order valence-corrected chi connectivity index (χ3v) is 3.32. The monoisotopic (exact) mass is 253 g/mol. The molecule has 0 saturated heterocycles. The second-order valence-corrected chi connectivity index (χ2v) is 4.67. The number of fused-ring (bicyclic) bond motifs is 1. The van der Waals surface area contributed by atoms with Gasteiger partial charge in [0, 0.05) is 6.61 Å². The third kappa shape index (κ3) is 3.12. The van der Waals surface area contributed by atoms with Gasteiger partial charge in [-0.2, -0.15) is 0 Å². The highest BCUT2D eigenvalue weighted by molar-refractivity contribution is 7.17. The Hall–Kier alpha value is -1.24. The summed E-state index contributed by atoms with van der Waals surface area (Å²) in [5.74, 6) is 0.657. The largest absolute Gasteiger partial charge is 0.396 e. The topological polar surface area (TPSA) is 78.0 Å². The maximum Gasteiger partial charge on any atom is 0.268 e. The minimum absolute atomic E-state index is 0.0721. The van der Waals surface area contributed by atoms with Gasteiger partial charge in [0.15, 0.2) is 0 Å². The van der Waals surface area contributed by atoms with Gasteiger partial charge in [0.05, 0.1) is 12.1 Å². The minimum atomic E-state index is -0.0721. The number of rotatable bonds is 6. The second-order valence-electron chi connectivity index (χ2n) is 3.76. The Morgan fingerprint density at radius 1 is 1.47 bits per heavy atom. The van der Waals surface area contributed by atoms with E-state index in [9.17, 15) is 4.79 Å². The van der Waals surface area contributed by atoms with E-state index in [0.29, 0.717) is 17.1 Å². The third-order valence-electron chi connectivity index (χ3n) is 2.42. The number of nitrogens with zero attached hydrogens (tertiary/aromatic N) is 1. The van der Waals surface area contributed by atoms with Crippen molar-refractivity contribution in [3.05, 3.63) is 27.6 Å². The lowest BCUT2D eigenvalue weighted by Gasteiger charge is -2.03. The molecule has 0 aliphatic rings. The molecule has 3 N–H and O–H groups in total. The fraction of sp³-hybridized carbons (Fsp3) is 0.455. The van der Waals surface area contributed by atoms with Crippen LogP contribution >= 0.6 is 11.3 Å². The van der Waals surface area contributed by atoms with Crippen molar-refractivity contribution in [2.24, 2.45) is 0 Å². The molecular weight excluding hydrogens is 238 g/mol. The summed E-state index contributed by atoms with van der Waals surface area (Å²) in [5, 5.41) is 13.7. The number of nitrogens with one attached hydrogen (secondary N) is 2. The van der Waals surface area contributed by atoms with Crippen molar-refractivity contribution in [1.29, 1.82) is 0 Å². The number of hydrogen-bond donors (Lipinski definition) is 3. The van der Waals surface area contributed by atoms with Crippen LogP contribution in [0.3, 0.4) is 0 Å². The minimum Gasteiger partial charge on any atom is -0.396 e. The molecule has 2 aromatic heterocycles. The summed E-state index contributed by atoms with van der Waals surface area (Å²) in [7, 11) is 0. The summed E-state index contributed by atoms with van der Waals surface area (Å²) in [6.07, 6.45) is 1.71. The van der Waals surface area contributed by atoms with Gasteiger partial charge in [0.2, 0.25) is 0 Å². The molecule has 0 amide bonds. The molecule has 0 radical (unpaired) electrons. The first kappa shape index (κ1) is 12.2. The van der Waals surface area contributed by atoms with Crippen LogP contribution in [0, 0.1) is 0 Å². The zero-order valence-corrected chi connectivity index (χ0v) is 10.2. The predicted octanol–water partition coefficient (Wildman–Crippen LogP) is 0.847. The molecule has 0 fully saturated rings. The molecule has 0 bridgehead atoms. The molecule has 0 aliphatic carbocycles. The van der Waals surface area contributed by atoms with Gasteiger partial charge in [-0.25, -0.2) is 4.98 Å². The van der Waals surface area contributed by atoms with Gasteiger partial charge in [-0.05, 0) is 30.8 Å². The van der Waals surface area contributed by atoms with Crippen LogP contribution in [0.25, 0.3) is 10.2 Å². The van der Waals surface area contributed by atoms with Gasteiger partial charge in [0.1, 0.15) is 10.5 Å². The molecule has 0 spiro atoms. The first-order valence-corrected chi connectivity index (χ1v) is 6.47. The second kappa shape index (κ2) is 5.90. The number of hydrogen-bond acceptors (Lipinski definition) is 5. The first-order valence-electron chi connectivity index (χ1n) is 5.59. The van der Waals surface area contributed by atoms with Crippen LogP contribution in [0.4, 0.5) is 0 Å². The van der Waals surface area contributed by atoms with Gasteiger partial charge in [0.25, 0.3) is 5.56 Å². The van der Waals surface area contributed by atoms with E-state index >= 15 is 0 Å². The van der Waals surface area contributed by atoms with Crippen molar-refractivity contribution in [2.45, 2.75) is 19.4 Å². The average molecular weight is 253 g/mol. The van der Waals surface area contributed by atoms with Crippen LogP contribution < -0.4 is 10.9 Å². The van der Waals surface area contributed by atoms with Crippen LogP contribution in [-0.2, 0) is 6.54 Å².